The number of carbonyl (C=O) groups excluding carboxylic acids is 1. The Morgan fingerprint density at radius 2 is 1.75 bits per heavy atom. The molecule has 0 heterocycles. The molecule has 0 radical (unpaired) electrons. The number of benzene rings is 1. The molecule has 138 valence electrons. The molecule has 3 N–H and O–H groups in total. The van der Waals surface area contributed by atoms with Crippen LogP contribution >= 0.6 is 12.4 Å². The summed E-state index contributed by atoms with van der Waals surface area (Å²) in [5.41, 5.74) is -0.0884. The highest BCUT2D eigenvalue weighted by Crippen LogP contribution is 2.26. The lowest BCUT2D eigenvalue weighted by Gasteiger charge is -2.29. The number of rotatable bonds is 8. The van der Waals surface area contributed by atoms with E-state index in [4.69, 9.17) is 9.47 Å². The van der Waals surface area contributed by atoms with Gasteiger partial charge in [0.15, 0.2) is 18.1 Å². The first-order chi connectivity index (χ1) is 10.7. The fraction of sp³-hybridized carbons (Fsp3) is 0.588. The Kier molecular flexibility index (Phi) is 9.73. The van der Waals surface area contributed by atoms with Gasteiger partial charge >= 0.3 is 0 Å². The van der Waals surface area contributed by atoms with Crippen LogP contribution in [-0.4, -0.2) is 49.0 Å². The zero-order valence-corrected chi connectivity index (χ0v) is 15.8. The molecule has 0 bridgehead atoms. The number of carbonyl (C=O) groups is 1. The largest absolute Gasteiger partial charge is 0.487 e. The second-order valence-electron chi connectivity index (χ2n) is 6.47. The highest BCUT2D eigenvalue weighted by molar-refractivity contribution is 5.85. The van der Waals surface area contributed by atoms with Gasteiger partial charge < -0.3 is 25.2 Å². The van der Waals surface area contributed by atoms with Crippen molar-refractivity contribution in [2.24, 2.45) is 0 Å². The van der Waals surface area contributed by atoms with Crippen LogP contribution in [0.2, 0.25) is 0 Å². The minimum absolute atomic E-state index is 0. The number of aliphatic hydroxyl groups is 1. The van der Waals surface area contributed by atoms with Gasteiger partial charge in [0, 0.05) is 18.6 Å². The summed E-state index contributed by atoms with van der Waals surface area (Å²) < 4.78 is 11.1. The highest BCUT2D eigenvalue weighted by atomic mass is 35.5. The van der Waals surface area contributed by atoms with Crippen molar-refractivity contribution in [2.75, 3.05) is 20.3 Å². The summed E-state index contributed by atoms with van der Waals surface area (Å²) in [6.07, 6.45) is -0.666. The van der Waals surface area contributed by atoms with E-state index in [1.807, 2.05) is 33.8 Å². The van der Waals surface area contributed by atoms with E-state index in [2.05, 4.69) is 10.6 Å². The Morgan fingerprint density at radius 3 is 2.25 bits per heavy atom. The lowest BCUT2D eigenvalue weighted by Crippen LogP contribution is -2.49. The minimum Gasteiger partial charge on any atom is -0.487 e. The Labute approximate surface area is 150 Å². The Balaban J connectivity index is 0.00000529. The maximum absolute atomic E-state index is 11.3. The molecule has 0 fully saturated rings. The van der Waals surface area contributed by atoms with E-state index in [0.717, 1.165) is 0 Å². The van der Waals surface area contributed by atoms with E-state index < -0.39 is 6.10 Å². The third-order valence-corrected chi connectivity index (χ3v) is 3.13. The van der Waals surface area contributed by atoms with Crippen LogP contribution in [0, 0.1) is 0 Å². The van der Waals surface area contributed by atoms with Gasteiger partial charge in [-0.1, -0.05) is 12.1 Å². The van der Waals surface area contributed by atoms with Gasteiger partial charge in [0.05, 0.1) is 0 Å². The molecule has 2 atom stereocenters. The molecule has 0 saturated carbocycles. The maximum atomic E-state index is 11.3. The van der Waals surface area contributed by atoms with Crippen molar-refractivity contribution in [2.45, 2.75) is 45.4 Å². The molecular formula is C17H29ClN2O4. The maximum Gasteiger partial charge on any atom is 0.257 e. The SMILES string of the molecule is CNC(=O)COc1ccccc1OCC(O)C(C)NC(C)(C)C.Cl. The molecule has 0 aliphatic heterocycles. The van der Waals surface area contributed by atoms with Crippen LogP contribution in [0.4, 0.5) is 0 Å². The molecule has 1 aromatic carbocycles. The fourth-order valence-electron chi connectivity index (χ4n) is 2.00. The molecule has 0 aliphatic carbocycles. The molecule has 1 amide bonds. The van der Waals surface area contributed by atoms with Crippen LogP contribution in [0.5, 0.6) is 11.5 Å². The molecule has 1 aromatic rings. The van der Waals surface area contributed by atoms with Crippen molar-refractivity contribution in [3.05, 3.63) is 24.3 Å². The monoisotopic (exact) mass is 360 g/mol. The number of para-hydroxylation sites is 2. The van der Waals surface area contributed by atoms with Gasteiger partial charge in [0.25, 0.3) is 5.91 Å². The van der Waals surface area contributed by atoms with Gasteiger partial charge in [0.1, 0.15) is 12.7 Å². The molecule has 24 heavy (non-hydrogen) atoms. The third-order valence-electron chi connectivity index (χ3n) is 3.13. The predicted molar refractivity (Wildman–Crippen MR) is 97.1 cm³/mol. The number of ether oxygens (including phenoxy) is 2. The first-order valence-electron chi connectivity index (χ1n) is 7.74. The van der Waals surface area contributed by atoms with Crippen molar-refractivity contribution >= 4 is 18.3 Å². The first-order valence-corrected chi connectivity index (χ1v) is 7.74. The van der Waals surface area contributed by atoms with Crippen molar-refractivity contribution in [1.82, 2.24) is 10.6 Å². The predicted octanol–water partition coefficient (Wildman–Crippen LogP) is 1.75. The normalized spacial score (nSPS) is 13.4. The number of halogens is 1. The average Bonchev–Trinajstić information content (AvgIpc) is 2.49. The molecule has 2 unspecified atom stereocenters. The van der Waals surface area contributed by atoms with E-state index in [0.29, 0.717) is 11.5 Å². The van der Waals surface area contributed by atoms with Gasteiger partial charge in [-0.05, 0) is 39.8 Å². The summed E-state index contributed by atoms with van der Waals surface area (Å²) in [6, 6.07) is 6.96. The summed E-state index contributed by atoms with van der Waals surface area (Å²) in [5.74, 6) is 0.751. The van der Waals surface area contributed by atoms with E-state index in [1.54, 1.807) is 25.2 Å². The van der Waals surface area contributed by atoms with Crippen LogP contribution in [0.15, 0.2) is 24.3 Å². The van der Waals surface area contributed by atoms with Crippen LogP contribution in [0.3, 0.4) is 0 Å². The smallest absolute Gasteiger partial charge is 0.257 e. The average molecular weight is 361 g/mol. The van der Waals surface area contributed by atoms with Crippen LogP contribution in [0.1, 0.15) is 27.7 Å². The van der Waals surface area contributed by atoms with Crippen LogP contribution < -0.4 is 20.1 Å². The summed E-state index contributed by atoms with van der Waals surface area (Å²) in [7, 11) is 1.55. The van der Waals surface area contributed by atoms with Gasteiger partial charge in [-0.15, -0.1) is 12.4 Å². The molecule has 6 nitrogen and oxygen atoms in total. The zero-order chi connectivity index (χ0) is 17.5. The lowest BCUT2D eigenvalue weighted by molar-refractivity contribution is -0.122. The summed E-state index contributed by atoms with van der Waals surface area (Å²) in [6.45, 7) is 8.08. The van der Waals surface area contributed by atoms with Gasteiger partial charge in [-0.25, -0.2) is 0 Å². The van der Waals surface area contributed by atoms with E-state index in [-0.39, 0.29) is 43.1 Å². The molecule has 0 aromatic heterocycles. The molecule has 0 spiro atoms. The van der Waals surface area contributed by atoms with E-state index in [9.17, 15) is 9.90 Å². The van der Waals surface area contributed by atoms with Crippen LogP contribution in [0.25, 0.3) is 0 Å². The topological polar surface area (TPSA) is 79.8 Å². The first kappa shape index (κ1) is 22.5. The van der Waals surface area contributed by atoms with Gasteiger partial charge in [-0.2, -0.15) is 0 Å². The fourth-order valence-corrected chi connectivity index (χ4v) is 2.00. The zero-order valence-electron chi connectivity index (χ0n) is 15.0. The number of aliphatic hydroxyl groups excluding tert-OH is 1. The number of hydrogen-bond donors (Lipinski definition) is 3. The van der Waals surface area contributed by atoms with Crippen molar-refractivity contribution in [3.63, 3.8) is 0 Å². The van der Waals surface area contributed by atoms with E-state index >= 15 is 0 Å². The van der Waals surface area contributed by atoms with Crippen molar-refractivity contribution in [1.29, 1.82) is 0 Å². The van der Waals surface area contributed by atoms with Gasteiger partial charge in [0.2, 0.25) is 0 Å². The highest BCUT2D eigenvalue weighted by Gasteiger charge is 2.21. The minimum atomic E-state index is -0.666. The summed E-state index contributed by atoms with van der Waals surface area (Å²) >= 11 is 0. The van der Waals surface area contributed by atoms with Gasteiger partial charge in [-0.3, -0.25) is 4.79 Å². The number of hydrogen-bond acceptors (Lipinski definition) is 5. The molecular weight excluding hydrogens is 332 g/mol. The van der Waals surface area contributed by atoms with E-state index in [1.165, 1.54) is 0 Å². The standard InChI is InChI=1S/C17H28N2O4.ClH/c1-12(19-17(2,3)4)13(20)10-22-14-8-6-7-9-15(14)23-11-16(21)18-5;/h6-9,12-13,19-20H,10-11H2,1-5H3,(H,18,21);1H. The Hall–Kier alpha value is -1.50. The lowest BCUT2D eigenvalue weighted by atomic mass is 10.1. The summed E-state index contributed by atoms with van der Waals surface area (Å²) in [4.78, 5) is 11.3. The third kappa shape index (κ3) is 8.38. The summed E-state index contributed by atoms with van der Waals surface area (Å²) in [5, 5.41) is 16.0. The molecule has 7 heteroatoms. The molecule has 1 rings (SSSR count). The number of likely N-dealkylation sites (N-methyl/N-ethyl adjacent to an activating group) is 1. The quantitative estimate of drug-likeness (QED) is 0.658. The number of amides is 1. The second kappa shape index (κ2) is 10.4. The Bertz CT molecular complexity index is 506. The van der Waals surface area contributed by atoms with Crippen molar-refractivity contribution in [3.8, 4) is 11.5 Å². The number of nitrogens with one attached hydrogen (secondary N) is 2. The molecule has 0 saturated heterocycles. The van der Waals surface area contributed by atoms with Crippen molar-refractivity contribution < 1.29 is 19.4 Å². The van der Waals surface area contributed by atoms with Crippen LogP contribution in [-0.2, 0) is 4.79 Å². The molecule has 0 aliphatic rings. The Morgan fingerprint density at radius 1 is 1.21 bits per heavy atom. The second-order valence-corrected chi connectivity index (χ2v) is 6.47.